The Kier molecular flexibility index (Phi) is 4.56. The van der Waals surface area contributed by atoms with E-state index in [9.17, 15) is 8.42 Å². The van der Waals surface area contributed by atoms with Crippen LogP contribution in [0.4, 0.5) is 0 Å². The van der Waals surface area contributed by atoms with Crippen LogP contribution < -0.4 is 0 Å². The molecule has 0 aliphatic heterocycles. The van der Waals surface area contributed by atoms with Crippen LogP contribution in [0.1, 0.15) is 52.5 Å². The second-order valence-corrected chi connectivity index (χ2v) is 9.78. The highest BCUT2D eigenvalue weighted by atomic mass is 32.2. The number of fused-ring (bicyclic) bond motifs is 1. The lowest BCUT2D eigenvalue weighted by atomic mass is 9.58. The van der Waals surface area contributed by atoms with Crippen molar-refractivity contribution in [2.24, 2.45) is 5.92 Å². The summed E-state index contributed by atoms with van der Waals surface area (Å²) in [5.74, 6) is 1.10. The Morgan fingerprint density at radius 3 is 1.97 bits per heavy atom. The zero-order chi connectivity index (χ0) is 20.0. The fourth-order valence-electron chi connectivity index (χ4n) is 5.13. The molecule has 0 amide bonds. The summed E-state index contributed by atoms with van der Waals surface area (Å²) in [6.45, 7) is 2.15. The van der Waals surface area contributed by atoms with Crippen molar-refractivity contribution in [3.63, 3.8) is 0 Å². The fourth-order valence-corrected chi connectivity index (χ4v) is 6.05. The molecule has 0 aromatic heterocycles. The first-order chi connectivity index (χ1) is 14.0. The summed E-state index contributed by atoms with van der Waals surface area (Å²) >= 11 is 0. The van der Waals surface area contributed by atoms with Crippen molar-refractivity contribution in [2.75, 3.05) is 6.61 Å². The molecule has 0 N–H and O–H groups in total. The number of aryl methyl sites for hydroxylation is 1. The van der Waals surface area contributed by atoms with Crippen LogP contribution in [-0.4, -0.2) is 15.0 Å². The lowest BCUT2D eigenvalue weighted by Crippen LogP contribution is -2.32. The first-order valence-corrected chi connectivity index (χ1v) is 11.6. The van der Waals surface area contributed by atoms with Gasteiger partial charge >= 0.3 is 0 Å². The Morgan fingerprint density at radius 1 is 0.828 bits per heavy atom. The zero-order valence-corrected chi connectivity index (χ0v) is 17.2. The standard InChI is InChI=1S/C25H24O3S/c1-17-10-12-19(13-11-17)29(26,27)28-15-14-18-16-24-20-6-2-4-8-22(20)25(18)23-9-5-3-7-21(23)24/h2-13,18,24-25H,14-16H2,1H3. The molecular weight excluding hydrogens is 380 g/mol. The van der Waals surface area contributed by atoms with E-state index in [1.807, 2.05) is 6.92 Å². The molecule has 0 radical (unpaired) electrons. The van der Waals surface area contributed by atoms with Gasteiger partial charge in [-0.15, -0.1) is 0 Å². The monoisotopic (exact) mass is 404 g/mol. The van der Waals surface area contributed by atoms with Gasteiger partial charge in [-0.1, -0.05) is 66.2 Å². The highest BCUT2D eigenvalue weighted by molar-refractivity contribution is 7.86. The van der Waals surface area contributed by atoms with E-state index in [0.717, 1.165) is 18.4 Å². The molecule has 3 aliphatic rings. The van der Waals surface area contributed by atoms with Crippen LogP contribution in [0.2, 0.25) is 0 Å². The molecule has 4 heteroatoms. The lowest BCUT2D eigenvalue weighted by molar-refractivity contribution is 0.247. The van der Waals surface area contributed by atoms with Crippen LogP contribution in [0, 0.1) is 12.8 Å². The van der Waals surface area contributed by atoms with Gasteiger partial charge in [0.15, 0.2) is 0 Å². The van der Waals surface area contributed by atoms with Crippen LogP contribution in [0.15, 0.2) is 77.7 Å². The third-order valence-corrected chi connectivity index (χ3v) is 7.79. The smallest absolute Gasteiger partial charge is 0.266 e. The summed E-state index contributed by atoms with van der Waals surface area (Å²) in [4.78, 5) is 0.226. The van der Waals surface area contributed by atoms with Crippen molar-refractivity contribution in [2.45, 2.75) is 36.5 Å². The molecular formula is C25H24O3S. The van der Waals surface area contributed by atoms with Crippen LogP contribution in [0.25, 0.3) is 0 Å². The number of hydrogen-bond acceptors (Lipinski definition) is 3. The normalized spacial score (nSPS) is 22.2. The number of hydrogen-bond donors (Lipinski definition) is 0. The van der Waals surface area contributed by atoms with Crippen LogP contribution in [0.3, 0.4) is 0 Å². The summed E-state index contributed by atoms with van der Waals surface area (Å²) < 4.78 is 30.5. The molecule has 6 rings (SSSR count). The van der Waals surface area contributed by atoms with Gasteiger partial charge in [0, 0.05) is 11.8 Å². The van der Waals surface area contributed by atoms with E-state index < -0.39 is 10.1 Å². The van der Waals surface area contributed by atoms with E-state index in [4.69, 9.17) is 4.18 Å². The topological polar surface area (TPSA) is 43.4 Å². The van der Waals surface area contributed by atoms with Gasteiger partial charge in [-0.25, -0.2) is 0 Å². The predicted molar refractivity (Wildman–Crippen MR) is 114 cm³/mol. The molecule has 3 aliphatic carbocycles. The highest BCUT2D eigenvalue weighted by Crippen LogP contribution is 2.56. The summed E-state index contributed by atoms with van der Waals surface area (Å²) in [6, 6.07) is 24.2. The minimum Gasteiger partial charge on any atom is -0.266 e. The summed E-state index contributed by atoms with van der Waals surface area (Å²) in [7, 11) is -3.71. The first kappa shape index (κ1) is 18.6. The highest BCUT2D eigenvalue weighted by Gasteiger charge is 2.42. The minimum absolute atomic E-state index is 0.217. The quantitative estimate of drug-likeness (QED) is 0.536. The molecule has 29 heavy (non-hydrogen) atoms. The Labute approximate surface area is 172 Å². The lowest BCUT2D eigenvalue weighted by Gasteiger charge is -2.45. The van der Waals surface area contributed by atoms with Gasteiger partial charge in [0.05, 0.1) is 11.5 Å². The van der Waals surface area contributed by atoms with Gasteiger partial charge in [-0.2, -0.15) is 8.42 Å². The molecule has 148 valence electrons. The van der Waals surface area contributed by atoms with Gasteiger partial charge < -0.3 is 0 Å². The zero-order valence-electron chi connectivity index (χ0n) is 16.4. The summed E-state index contributed by atoms with van der Waals surface area (Å²) in [6.07, 6.45) is 1.78. The van der Waals surface area contributed by atoms with Crippen molar-refractivity contribution in [3.05, 3.63) is 101 Å². The molecule has 1 atom stereocenters. The average Bonchev–Trinajstić information content (AvgIpc) is 2.74. The van der Waals surface area contributed by atoms with Gasteiger partial charge in [-0.05, 0) is 60.1 Å². The van der Waals surface area contributed by atoms with Crippen molar-refractivity contribution in [1.29, 1.82) is 0 Å². The van der Waals surface area contributed by atoms with Crippen LogP contribution in [-0.2, 0) is 14.3 Å². The Morgan fingerprint density at radius 2 is 1.38 bits per heavy atom. The Balaban J connectivity index is 1.36. The minimum atomic E-state index is -3.71. The maximum absolute atomic E-state index is 12.5. The van der Waals surface area contributed by atoms with E-state index in [2.05, 4.69) is 48.5 Å². The SMILES string of the molecule is Cc1ccc(S(=O)(=O)OCCC2CC3c4ccccc4C2c2ccccc23)cc1. The molecule has 3 aromatic rings. The Bertz CT molecular complexity index is 1100. The van der Waals surface area contributed by atoms with E-state index in [0.29, 0.717) is 17.8 Å². The van der Waals surface area contributed by atoms with Gasteiger partial charge in [0.25, 0.3) is 10.1 Å². The molecule has 3 nitrogen and oxygen atoms in total. The van der Waals surface area contributed by atoms with Crippen LogP contribution >= 0.6 is 0 Å². The first-order valence-electron chi connectivity index (χ1n) is 10.2. The molecule has 1 unspecified atom stereocenters. The predicted octanol–water partition coefficient (Wildman–Crippen LogP) is 5.39. The maximum Gasteiger partial charge on any atom is 0.296 e. The largest absolute Gasteiger partial charge is 0.296 e. The van der Waals surface area contributed by atoms with E-state index in [1.54, 1.807) is 24.3 Å². The second kappa shape index (κ2) is 7.12. The molecule has 0 saturated carbocycles. The van der Waals surface area contributed by atoms with Crippen molar-refractivity contribution >= 4 is 10.1 Å². The van der Waals surface area contributed by atoms with Crippen molar-refractivity contribution < 1.29 is 12.6 Å². The van der Waals surface area contributed by atoms with Crippen molar-refractivity contribution in [1.82, 2.24) is 0 Å². The van der Waals surface area contributed by atoms with E-state index in [1.165, 1.54) is 22.3 Å². The fraction of sp³-hybridized carbons (Fsp3) is 0.280. The summed E-state index contributed by atoms with van der Waals surface area (Å²) in [5.41, 5.74) is 6.68. The van der Waals surface area contributed by atoms with Crippen molar-refractivity contribution in [3.8, 4) is 0 Å². The molecule has 3 aromatic carbocycles. The van der Waals surface area contributed by atoms with Gasteiger partial charge in [-0.3, -0.25) is 4.18 Å². The average molecular weight is 405 g/mol. The molecule has 2 bridgehead atoms. The number of benzene rings is 3. The molecule has 0 spiro atoms. The maximum atomic E-state index is 12.5. The third kappa shape index (κ3) is 3.21. The number of rotatable bonds is 5. The van der Waals surface area contributed by atoms with Gasteiger partial charge in [0.2, 0.25) is 0 Å². The Hall–Kier alpha value is -2.43. The van der Waals surface area contributed by atoms with E-state index in [-0.39, 0.29) is 11.5 Å². The molecule has 0 heterocycles. The second-order valence-electron chi connectivity index (χ2n) is 8.16. The van der Waals surface area contributed by atoms with E-state index >= 15 is 0 Å². The third-order valence-electron chi connectivity index (χ3n) is 6.46. The van der Waals surface area contributed by atoms with Crippen LogP contribution in [0.5, 0.6) is 0 Å². The summed E-state index contributed by atoms with van der Waals surface area (Å²) in [5, 5.41) is 0. The molecule has 0 fully saturated rings. The molecule has 0 saturated heterocycles. The van der Waals surface area contributed by atoms with Gasteiger partial charge in [0.1, 0.15) is 0 Å².